The van der Waals surface area contributed by atoms with Gasteiger partial charge in [-0.2, -0.15) is 10.6 Å². The molecule has 1 aromatic carbocycles. The van der Waals surface area contributed by atoms with Gasteiger partial charge in [0.15, 0.2) is 18.1 Å². The molecule has 10 nitrogen and oxygen atoms in total. The Morgan fingerprint density at radius 2 is 1.97 bits per heavy atom. The number of methoxy groups -OCH3 is 1. The highest BCUT2D eigenvalue weighted by Gasteiger charge is 2.24. The number of hydrogen-bond donors (Lipinski definition) is 3. The van der Waals surface area contributed by atoms with Crippen LogP contribution in [0, 0.1) is 0 Å². The van der Waals surface area contributed by atoms with E-state index in [-0.39, 0.29) is 24.8 Å². The van der Waals surface area contributed by atoms with E-state index in [1.807, 2.05) is 6.07 Å². The van der Waals surface area contributed by atoms with Gasteiger partial charge in [0, 0.05) is 35.0 Å². The highest BCUT2D eigenvalue weighted by atomic mass is 32.3. The van der Waals surface area contributed by atoms with E-state index in [9.17, 15) is 18.7 Å². The van der Waals surface area contributed by atoms with Crippen LogP contribution < -0.4 is 20.8 Å². The number of carbonyl (C=O) groups is 1. The molecule has 0 saturated carbocycles. The van der Waals surface area contributed by atoms with Crippen molar-refractivity contribution >= 4 is 43.8 Å². The molecule has 0 spiro atoms. The molecule has 1 aliphatic heterocycles. The third-order valence-electron chi connectivity index (χ3n) is 6.11. The number of nitrogens with zero attached hydrogens (tertiary/aromatic N) is 2. The monoisotopic (exact) mass is 549 g/mol. The summed E-state index contributed by atoms with van der Waals surface area (Å²) in [6, 6.07) is 7.01. The van der Waals surface area contributed by atoms with Crippen molar-refractivity contribution in [2.45, 2.75) is 25.8 Å². The highest BCUT2D eigenvalue weighted by Crippen LogP contribution is 2.44. The second-order valence-corrected chi connectivity index (χ2v) is 12.2. The van der Waals surface area contributed by atoms with Crippen molar-refractivity contribution in [1.29, 1.82) is 0 Å². The average Bonchev–Trinajstić information content (AvgIpc) is 3.32. The van der Waals surface area contributed by atoms with Crippen LogP contribution >= 0.6 is 21.9 Å². The zero-order valence-electron chi connectivity index (χ0n) is 20.9. The zero-order chi connectivity index (χ0) is 26.7. The van der Waals surface area contributed by atoms with Gasteiger partial charge in [-0.05, 0) is 43.5 Å². The number of aryl methyl sites for hydroxylation is 1. The van der Waals surface area contributed by atoms with Crippen LogP contribution in [0.5, 0.6) is 11.5 Å². The van der Waals surface area contributed by atoms with Crippen LogP contribution in [0.2, 0.25) is 0 Å². The summed E-state index contributed by atoms with van der Waals surface area (Å²) in [4.78, 5) is 29.9. The molecular weight excluding hydrogens is 518 g/mol. The summed E-state index contributed by atoms with van der Waals surface area (Å²) >= 11 is 1.38. The summed E-state index contributed by atoms with van der Waals surface area (Å²) in [5.74, 6) is 1.34. The Morgan fingerprint density at radius 3 is 2.65 bits per heavy atom. The maximum Gasteiger partial charge on any atom is 0.344 e. The molecule has 3 heterocycles. The fourth-order valence-electron chi connectivity index (χ4n) is 4.16. The van der Waals surface area contributed by atoms with Crippen LogP contribution in [0.3, 0.4) is 0 Å². The molecule has 1 saturated heterocycles. The molecule has 37 heavy (non-hydrogen) atoms. The predicted molar refractivity (Wildman–Crippen MR) is 148 cm³/mol. The van der Waals surface area contributed by atoms with Gasteiger partial charge in [0.25, 0.3) is 5.56 Å². The summed E-state index contributed by atoms with van der Waals surface area (Å²) in [5.41, 5.74) is 7.79. The van der Waals surface area contributed by atoms with Gasteiger partial charge < -0.3 is 24.5 Å². The van der Waals surface area contributed by atoms with E-state index in [0.717, 1.165) is 15.8 Å². The molecule has 3 aromatic rings. The minimum atomic E-state index is -2.50. The van der Waals surface area contributed by atoms with Crippen LogP contribution in [0.4, 0.5) is 0 Å². The first-order valence-corrected chi connectivity index (χ1v) is 14.5. The molecule has 0 unspecified atom stereocenters. The second kappa shape index (κ2) is 11.1. The predicted octanol–water partition coefficient (Wildman–Crippen LogP) is 3.84. The van der Waals surface area contributed by atoms with Crippen LogP contribution in [0.15, 0.2) is 40.2 Å². The van der Waals surface area contributed by atoms with Crippen LogP contribution in [0.25, 0.3) is 21.2 Å². The molecule has 200 valence electrons. The first kappa shape index (κ1) is 27.0. The summed E-state index contributed by atoms with van der Waals surface area (Å²) in [6.07, 6.45) is 2.88. The molecule has 1 aliphatic rings. The summed E-state index contributed by atoms with van der Waals surface area (Å²) in [6.45, 7) is 1.76. The molecule has 0 bridgehead atoms. The standard InChI is InChI=1S/C25H31N3O7S2/c1-4-34-22(29)14-35-19-6-5-15(11-20(19)33-3)18-13-28(2)25(30)17-12-21(36-23(17)18)24(26)27-16-7-9-37(31,32)10-8-16/h5-6,11-13,16,31-32H,4,7-10,14H2,1-3H3,(H2,26,27). The first-order valence-electron chi connectivity index (χ1n) is 11.8. The number of pyridine rings is 1. The van der Waals surface area contributed by atoms with Gasteiger partial charge in [0.2, 0.25) is 0 Å². The van der Waals surface area contributed by atoms with Crippen LogP contribution in [-0.4, -0.2) is 63.3 Å². The van der Waals surface area contributed by atoms with Gasteiger partial charge in [-0.25, -0.2) is 4.79 Å². The minimum absolute atomic E-state index is 0.0844. The van der Waals surface area contributed by atoms with E-state index >= 15 is 0 Å². The Hall–Kier alpha value is -3.06. The summed E-state index contributed by atoms with van der Waals surface area (Å²) in [7, 11) is 0.704. The SMILES string of the molecule is CCOC(=O)COc1ccc(-c2cn(C)c(=O)c3cc(C(N)=NC4CCS(O)(O)CC4)sc23)cc1OC. The molecule has 2 aromatic heterocycles. The Morgan fingerprint density at radius 1 is 1.24 bits per heavy atom. The lowest BCUT2D eigenvalue weighted by Crippen LogP contribution is -2.25. The van der Waals surface area contributed by atoms with Crippen molar-refractivity contribution in [3.05, 3.63) is 45.7 Å². The lowest BCUT2D eigenvalue weighted by atomic mass is 10.1. The topological polar surface area (TPSA) is 146 Å². The van der Waals surface area contributed by atoms with Gasteiger partial charge in [-0.1, -0.05) is 6.07 Å². The quantitative estimate of drug-likeness (QED) is 0.218. The maximum atomic E-state index is 12.9. The smallest absolute Gasteiger partial charge is 0.344 e. The minimum Gasteiger partial charge on any atom is -0.493 e. The molecule has 0 amide bonds. The number of nitrogens with two attached hydrogens (primary N) is 1. The number of amidine groups is 1. The molecule has 4 N–H and O–H groups in total. The van der Waals surface area contributed by atoms with Gasteiger partial charge >= 0.3 is 5.97 Å². The molecule has 4 rings (SSSR count). The van der Waals surface area contributed by atoms with Gasteiger partial charge in [0.1, 0.15) is 5.84 Å². The van der Waals surface area contributed by atoms with E-state index in [0.29, 0.717) is 51.9 Å². The number of carbonyl (C=O) groups excluding carboxylic acids is 1. The van der Waals surface area contributed by atoms with Gasteiger partial charge in [0.05, 0.1) is 30.0 Å². The number of aliphatic imine (C=N–C) groups is 1. The van der Waals surface area contributed by atoms with Crippen molar-refractivity contribution in [1.82, 2.24) is 4.57 Å². The summed E-state index contributed by atoms with van der Waals surface area (Å²) in [5, 5.41) is 0.526. The van der Waals surface area contributed by atoms with Crippen molar-refractivity contribution < 1.29 is 28.1 Å². The van der Waals surface area contributed by atoms with E-state index < -0.39 is 16.6 Å². The second-order valence-electron chi connectivity index (χ2n) is 8.73. The van der Waals surface area contributed by atoms with Crippen LogP contribution in [-0.2, 0) is 16.6 Å². The lowest BCUT2D eigenvalue weighted by Gasteiger charge is -2.38. The number of fused-ring (bicyclic) bond motifs is 1. The fourth-order valence-corrected chi connectivity index (χ4v) is 6.76. The summed E-state index contributed by atoms with van der Waals surface area (Å²) < 4.78 is 37.9. The third-order valence-corrected chi connectivity index (χ3v) is 9.08. The van der Waals surface area contributed by atoms with Crippen molar-refractivity contribution in [3.63, 3.8) is 0 Å². The zero-order valence-corrected chi connectivity index (χ0v) is 22.6. The Labute approximate surface area is 220 Å². The molecule has 0 atom stereocenters. The fraction of sp³-hybridized carbons (Fsp3) is 0.400. The molecule has 12 heteroatoms. The van der Waals surface area contributed by atoms with E-state index in [1.165, 1.54) is 23.0 Å². The van der Waals surface area contributed by atoms with Crippen molar-refractivity contribution in [3.8, 4) is 22.6 Å². The maximum absolute atomic E-state index is 12.9. The number of benzene rings is 1. The molecular formula is C25H31N3O7S2. The van der Waals surface area contributed by atoms with Crippen molar-refractivity contribution in [2.75, 3.05) is 31.8 Å². The number of ether oxygens (including phenoxy) is 3. The van der Waals surface area contributed by atoms with E-state index in [2.05, 4.69) is 4.99 Å². The number of hydrogen-bond acceptors (Lipinski definition) is 9. The largest absolute Gasteiger partial charge is 0.493 e. The Kier molecular flexibility index (Phi) is 8.12. The third kappa shape index (κ3) is 6.09. The highest BCUT2D eigenvalue weighted by molar-refractivity contribution is 8.24. The lowest BCUT2D eigenvalue weighted by molar-refractivity contribution is -0.145. The molecule has 1 fully saturated rings. The average molecular weight is 550 g/mol. The van der Waals surface area contributed by atoms with Crippen molar-refractivity contribution in [2.24, 2.45) is 17.8 Å². The van der Waals surface area contributed by atoms with Crippen LogP contribution in [0.1, 0.15) is 24.6 Å². The van der Waals surface area contributed by atoms with Gasteiger partial charge in [-0.3, -0.25) is 18.9 Å². The normalized spacial score (nSPS) is 16.9. The Balaban J connectivity index is 1.68. The molecule has 0 radical (unpaired) electrons. The van der Waals surface area contributed by atoms with E-state index in [1.54, 1.807) is 38.4 Å². The van der Waals surface area contributed by atoms with Gasteiger partial charge in [-0.15, -0.1) is 11.3 Å². The molecule has 0 aliphatic carbocycles. The number of esters is 1. The van der Waals surface area contributed by atoms with E-state index in [4.69, 9.17) is 19.9 Å². The number of thiophene rings is 1. The number of aromatic nitrogens is 1. The Bertz CT molecular complexity index is 1390. The number of rotatable bonds is 8. The first-order chi connectivity index (χ1) is 17.6.